The smallest absolute Gasteiger partial charge is 0.387 e. The molecule has 0 saturated carbocycles. The maximum atomic E-state index is 12.3. The number of hydrogen-bond acceptors (Lipinski definition) is 3. The molecule has 2 rings (SSSR count). The summed E-state index contributed by atoms with van der Waals surface area (Å²) in [7, 11) is 1.38. The van der Waals surface area contributed by atoms with Gasteiger partial charge in [-0.25, -0.2) is 0 Å². The minimum absolute atomic E-state index is 0.0216. The highest BCUT2D eigenvalue weighted by Gasteiger charge is 2.11. The molecule has 0 radical (unpaired) electrons. The van der Waals surface area contributed by atoms with E-state index in [1.165, 1.54) is 19.3 Å². The largest absolute Gasteiger partial charge is 0.493 e. The lowest BCUT2D eigenvalue weighted by Gasteiger charge is -2.11. The SMILES string of the molecule is COc1cc(CCNC(=O)/C=C/c2ccccc2Br)ccc1OC(F)F. The van der Waals surface area contributed by atoms with Crippen LogP contribution in [0.3, 0.4) is 0 Å². The van der Waals surface area contributed by atoms with Gasteiger partial charge in [0.15, 0.2) is 11.5 Å². The van der Waals surface area contributed by atoms with Crippen LogP contribution in [0.5, 0.6) is 11.5 Å². The molecule has 138 valence electrons. The summed E-state index contributed by atoms with van der Waals surface area (Å²) in [6.07, 6.45) is 3.71. The summed E-state index contributed by atoms with van der Waals surface area (Å²) in [4.78, 5) is 11.9. The van der Waals surface area contributed by atoms with Gasteiger partial charge < -0.3 is 14.8 Å². The van der Waals surface area contributed by atoms with Crippen molar-refractivity contribution in [3.63, 3.8) is 0 Å². The van der Waals surface area contributed by atoms with E-state index in [0.717, 1.165) is 15.6 Å². The molecule has 0 heterocycles. The molecule has 0 saturated heterocycles. The van der Waals surface area contributed by atoms with Gasteiger partial charge in [-0.2, -0.15) is 8.78 Å². The molecular formula is C19H18BrF2NO3. The standard InChI is InChI=1S/C19H18BrF2NO3/c1-25-17-12-13(6-8-16(17)26-19(21)22)10-11-23-18(24)9-7-14-4-2-3-5-15(14)20/h2-9,12,19H,10-11H2,1H3,(H,23,24)/b9-7+. The van der Waals surface area contributed by atoms with Crippen LogP contribution >= 0.6 is 15.9 Å². The van der Waals surface area contributed by atoms with Crippen molar-refractivity contribution in [2.24, 2.45) is 0 Å². The molecule has 0 aliphatic carbocycles. The fourth-order valence-corrected chi connectivity index (χ4v) is 2.64. The highest BCUT2D eigenvalue weighted by Crippen LogP contribution is 2.29. The molecule has 2 aromatic rings. The summed E-state index contributed by atoms with van der Waals surface area (Å²) in [6.45, 7) is -2.51. The molecule has 7 heteroatoms. The summed E-state index contributed by atoms with van der Waals surface area (Å²) in [5.74, 6) is -0.0139. The Labute approximate surface area is 158 Å². The predicted octanol–water partition coefficient (Wildman–Crippen LogP) is 4.43. The Hall–Kier alpha value is -2.41. The van der Waals surface area contributed by atoms with Gasteiger partial charge in [0.05, 0.1) is 7.11 Å². The highest BCUT2D eigenvalue weighted by atomic mass is 79.9. The second kappa shape index (κ2) is 9.91. The van der Waals surface area contributed by atoms with E-state index in [0.29, 0.717) is 13.0 Å². The Bertz CT molecular complexity index is 781. The molecule has 0 fully saturated rings. The Balaban J connectivity index is 1.87. The number of carbonyl (C=O) groups excluding carboxylic acids is 1. The van der Waals surface area contributed by atoms with Gasteiger partial charge in [0, 0.05) is 17.1 Å². The van der Waals surface area contributed by atoms with Crippen molar-refractivity contribution < 1.29 is 23.0 Å². The summed E-state index contributed by atoms with van der Waals surface area (Å²) >= 11 is 3.41. The maximum absolute atomic E-state index is 12.3. The molecule has 0 bridgehead atoms. The van der Waals surface area contributed by atoms with E-state index in [-0.39, 0.29) is 17.4 Å². The van der Waals surface area contributed by atoms with Crippen LogP contribution in [0, 0.1) is 0 Å². The van der Waals surface area contributed by atoms with E-state index in [1.54, 1.807) is 18.2 Å². The molecular weight excluding hydrogens is 408 g/mol. The molecule has 1 amide bonds. The number of amides is 1. The van der Waals surface area contributed by atoms with Crippen molar-refractivity contribution in [2.75, 3.05) is 13.7 Å². The van der Waals surface area contributed by atoms with Crippen molar-refractivity contribution in [3.8, 4) is 11.5 Å². The lowest BCUT2D eigenvalue weighted by atomic mass is 10.1. The quantitative estimate of drug-likeness (QED) is 0.636. The fourth-order valence-electron chi connectivity index (χ4n) is 2.23. The van der Waals surface area contributed by atoms with Gasteiger partial charge in [-0.15, -0.1) is 0 Å². The van der Waals surface area contributed by atoms with E-state index in [9.17, 15) is 13.6 Å². The topological polar surface area (TPSA) is 47.6 Å². The van der Waals surface area contributed by atoms with Crippen LogP contribution < -0.4 is 14.8 Å². The lowest BCUT2D eigenvalue weighted by Crippen LogP contribution is -2.23. The summed E-state index contributed by atoms with van der Waals surface area (Å²) in [5.41, 5.74) is 1.74. The lowest BCUT2D eigenvalue weighted by molar-refractivity contribution is -0.116. The normalized spacial score (nSPS) is 11.0. The second-order valence-corrected chi connectivity index (χ2v) is 6.11. The van der Waals surface area contributed by atoms with Crippen LogP contribution in [0.15, 0.2) is 53.0 Å². The Morgan fingerprint density at radius 3 is 2.69 bits per heavy atom. The van der Waals surface area contributed by atoms with Crippen LogP contribution in [-0.4, -0.2) is 26.2 Å². The zero-order chi connectivity index (χ0) is 18.9. The van der Waals surface area contributed by atoms with Crippen molar-refractivity contribution in [2.45, 2.75) is 13.0 Å². The third-order valence-corrected chi connectivity index (χ3v) is 4.20. The monoisotopic (exact) mass is 425 g/mol. The highest BCUT2D eigenvalue weighted by molar-refractivity contribution is 9.10. The van der Waals surface area contributed by atoms with Gasteiger partial charge in [-0.3, -0.25) is 4.79 Å². The van der Waals surface area contributed by atoms with Crippen molar-refractivity contribution in [1.29, 1.82) is 0 Å². The molecule has 1 N–H and O–H groups in total. The zero-order valence-electron chi connectivity index (χ0n) is 14.0. The minimum atomic E-state index is -2.91. The van der Waals surface area contributed by atoms with Gasteiger partial charge in [0.25, 0.3) is 0 Å². The number of halogens is 3. The number of alkyl halides is 2. The average molecular weight is 426 g/mol. The van der Waals surface area contributed by atoms with Gasteiger partial charge in [0.1, 0.15) is 0 Å². The molecule has 0 aromatic heterocycles. The summed E-state index contributed by atoms with van der Waals surface area (Å²) in [6, 6.07) is 12.3. The van der Waals surface area contributed by atoms with E-state index in [4.69, 9.17) is 4.74 Å². The number of ether oxygens (including phenoxy) is 2. The van der Waals surface area contributed by atoms with Crippen LogP contribution in [0.1, 0.15) is 11.1 Å². The first-order chi connectivity index (χ1) is 12.5. The number of nitrogens with one attached hydrogen (secondary N) is 1. The number of methoxy groups -OCH3 is 1. The third-order valence-electron chi connectivity index (χ3n) is 3.48. The zero-order valence-corrected chi connectivity index (χ0v) is 15.6. The first kappa shape index (κ1) is 19.9. The second-order valence-electron chi connectivity index (χ2n) is 5.26. The van der Waals surface area contributed by atoms with Gasteiger partial charge in [0.2, 0.25) is 5.91 Å². The van der Waals surface area contributed by atoms with E-state index < -0.39 is 6.61 Å². The first-order valence-electron chi connectivity index (χ1n) is 7.81. The van der Waals surface area contributed by atoms with Gasteiger partial charge in [-0.1, -0.05) is 40.2 Å². The van der Waals surface area contributed by atoms with Gasteiger partial charge >= 0.3 is 6.61 Å². The Kier molecular flexibility index (Phi) is 7.59. The molecule has 2 aromatic carbocycles. The average Bonchev–Trinajstić information content (AvgIpc) is 2.61. The van der Waals surface area contributed by atoms with Crippen LogP contribution in [0.4, 0.5) is 8.78 Å². The number of hydrogen-bond donors (Lipinski definition) is 1. The van der Waals surface area contributed by atoms with Crippen molar-refractivity contribution in [1.82, 2.24) is 5.32 Å². The molecule has 0 aliphatic rings. The summed E-state index contributed by atoms with van der Waals surface area (Å²) < 4.78 is 35.0. The number of benzene rings is 2. The maximum Gasteiger partial charge on any atom is 0.387 e. The summed E-state index contributed by atoms with van der Waals surface area (Å²) in [5, 5.41) is 2.77. The number of carbonyl (C=O) groups is 1. The third kappa shape index (κ3) is 6.15. The van der Waals surface area contributed by atoms with Crippen LogP contribution in [0.2, 0.25) is 0 Å². The Morgan fingerprint density at radius 2 is 2.00 bits per heavy atom. The van der Waals surface area contributed by atoms with E-state index in [2.05, 4.69) is 26.0 Å². The molecule has 0 aliphatic heterocycles. The van der Waals surface area contributed by atoms with E-state index >= 15 is 0 Å². The van der Waals surface area contributed by atoms with Crippen molar-refractivity contribution >= 4 is 27.9 Å². The molecule has 0 unspecified atom stereocenters. The predicted molar refractivity (Wildman–Crippen MR) is 99.5 cm³/mol. The first-order valence-corrected chi connectivity index (χ1v) is 8.61. The minimum Gasteiger partial charge on any atom is -0.493 e. The molecule has 26 heavy (non-hydrogen) atoms. The van der Waals surface area contributed by atoms with E-state index in [1.807, 2.05) is 24.3 Å². The molecule has 4 nitrogen and oxygen atoms in total. The molecule has 0 spiro atoms. The molecule has 0 atom stereocenters. The fraction of sp³-hybridized carbons (Fsp3) is 0.211. The van der Waals surface area contributed by atoms with Crippen LogP contribution in [-0.2, 0) is 11.2 Å². The van der Waals surface area contributed by atoms with Crippen molar-refractivity contribution in [3.05, 3.63) is 64.1 Å². The Morgan fingerprint density at radius 1 is 1.23 bits per heavy atom. The van der Waals surface area contributed by atoms with Gasteiger partial charge in [-0.05, 0) is 41.8 Å². The number of rotatable bonds is 8. The van der Waals surface area contributed by atoms with Crippen LogP contribution in [0.25, 0.3) is 6.08 Å².